The molecule has 1 heterocycles. The minimum Gasteiger partial charge on any atom is -0.354 e. The number of nitrogens with one attached hydrogen (secondary N) is 1. The lowest BCUT2D eigenvalue weighted by Crippen LogP contribution is -2.19. The quantitative estimate of drug-likeness (QED) is 0.666. The molecule has 0 saturated heterocycles. The van der Waals surface area contributed by atoms with E-state index in [1.54, 1.807) is 42.1 Å². The van der Waals surface area contributed by atoms with Crippen molar-refractivity contribution in [1.29, 1.82) is 0 Å². The molecule has 0 atom stereocenters. The summed E-state index contributed by atoms with van der Waals surface area (Å²) in [7, 11) is 1.57. The highest BCUT2D eigenvalue weighted by atomic mass is 35.5. The minimum atomic E-state index is -0.267. The fourth-order valence-electron chi connectivity index (χ4n) is 2.60. The molecule has 0 unspecified atom stereocenters. The number of amides is 1. The summed E-state index contributed by atoms with van der Waals surface area (Å²) in [5.41, 5.74) is 3.34. The predicted molar refractivity (Wildman–Crippen MR) is 102 cm³/mol. The van der Waals surface area contributed by atoms with Crippen molar-refractivity contribution in [3.63, 3.8) is 0 Å². The second kappa shape index (κ2) is 7.08. The van der Waals surface area contributed by atoms with Crippen molar-refractivity contribution in [1.82, 2.24) is 15.1 Å². The van der Waals surface area contributed by atoms with E-state index in [2.05, 4.69) is 10.4 Å². The van der Waals surface area contributed by atoms with Crippen LogP contribution in [0.4, 0.5) is 0 Å². The highest BCUT2D eigenvalue weighted by molar-refractivity contribution is 6.35. The smallest absolute Gasteiger partial charge is 0.271 e. The molecular formula is C18H14Cl3N3O. The van der Waals surface area contributed by atoms with E-state index in [1.165, 1.54) is 0 Å². The van der Waals surface area contributed by atoms with Crippen LogP contribution in [0.25, 0.3) is 16.9 Å². The fourth-order valence-corrected chi connectivity index (χ4v) is 3.22. The van der Waals surface area contributed by atoms with Crippen molar-refractivity contribution in [2.24, 2.45) is 0 Å². The van der Waals surface area contributed by atoms with E-state index in [-0.39, 0.29) is 5.91 Å². The van der Waals surface area contributed by atoms with E-state index in [0.29, 0.717) is 26.4 Å². The van der Waals surface area contributed by atoms with E-state index in [4.69, 9.17) is 34.8 Å². The number of hydrogen-bond acceptors (Lipinski definition) is 2. The first-order valence-corrected chi connectivity index (χ1v) is 8.59. The maximum absolute atomic E-state index is 12.2. The van der Waals surface area contributed by atoms with Crippen LogP contribution in [-0.4, -0.2) is 22.7 Å². The summed E-state index contributed by atoms with van der Waals surface area (Å²) in [5, 5.41) is 8.68. The van der Waals surface area contributed by atoms with E-state index >= 15 is 0 Å². The maximum atomic E-state index is 12.2. The van der Waals surface area contributed by atoms with Gasteiger partial charge in [0.1, 0.15) is 0 Å². The molecule has 0 aliphatic rings. The molecule has 0 fully saturated rings. The van der Waals surface area contributed by atoms with Gasteiger partial charge in [0.25, 0.3) is 5.91 Å². The fraction of sp³-hybridized carbons (Fsp3) is 0.111. The zero-order valence-electron chi connectivity index (χ0n) is 13.5. The van der Waals surface area contributed by atoms with Crippen molar-refractivity contribution in [3.05, 3.63) is 68.8 Å². The lowest BCUT2D eigenvalue weighted by Gasteiger charge is -2.11. The van der Waals surface area contributed by atoms with Crippen LogP contribution in [0.5, 0.6) is 0 Å². The molecule has 1 N–H and O–H groups in total. The molecule has 128 valence electrons. The van der Waals surface area contributed by atoms with Gasteiger partial charge >= 0.3 is 0 Å². The summed E-state index contributed by atoms with van der Waals surface area (Å²) in [5.74, 6) is -0.267. The Balaban J connectivity index is 2.29. The van der Waals surface area contributed by atoms with Crippen LogP contribution in [0.15, 0.2) is 42.5 Å². The number of benzene rings is 2. The van der Waals surface area contributed by atoms with Gasteiger partial charge in [-0.1, -0.05) is 46.9 Å². The Bertz CT molecular complexity index is 949. The van der Waals surface area contributed by atoms with Gasteiger partial charge in [-0.2, -0.15) is 5.10 Å². The van der Waals surface area contributed by atoms with Crippen LogP contribution in [-0.2, 0) is 0 Å². The van der Waals surface area contributed by atoms with E-state index in [1.807, 2.05) is 19.1 Å². The van der Waals surface area contributed by atoms with Crippen LogP contribution >= 0.6 is 34.8 Å². The van der Waals surface area contributed by atoms with Gasteiger partial charge in [0, 0.05) is 28.2 Å². The molecule has 0 radical (unpaired) electrons. The Kier molecular flexibility index (Phi) is 5.04. The number of aromatic nitrogens is 2. The Hall–Kier alpha value is -2.01. The molecule has 0 aliphatic heterocycles. The molecule has 3 aromatic rings. The average Bonchev–Trinajstić information content (AvgIpc) is 2.92. The summed E-state index contributed by atoms with van der Waals surface area (Å²) in [6, 6.07) is 12.5. The number of carbonyl (C=O) groups excluding carboxylic acids is 1. The Morgan fingerprint density at radius 1 is 1.04 bits per heavy atom. The van der Waals surface area contributed by atoms with Gasteiger partial charge in [0.05, 0.1) is 16.4 Å². The number of nitrogens with zero attached hydrogens (tertiary/aromatic N) is 2. The molecule has 25 heavy (non-hydrogen) atoms. The summed E-state index contributed by atoms with van der Waals surface area (Å²) in [6.45, 7) is 1.85. The van der Waals surface area contributed by atoms with Gasteiger partial charge in [-0.25, -0.2) is 4.68 Å². The molecule has 7 heteroatoms. The molecule has 1 aromatic heterocycles. The summed E-state index contributed by atoms with van der Waals surface area (Å²) in [4.78, 5) is 12.2. The summed E-state index contributed by atoms with van der Waals surface area (Å²) < 4.78 is 1.65. The molecule has 0 bridgehead atoms. The second-order valence-electron chi connectivity index (χ2n) is 5.42. The molecule has 0 aliphatic carbocycles. The summed E-state index contributed by atoms with van der Waals surface area (Å²) in [6.07, 6.45) is 0. The number of carbonyl (C=O) groups is 1. The molecule has 3 rings (SSSR count). The normalized spacial score (nSPS) is 10.8. The van der Waals surface area contributed by atoms with Gasteiger partial charge in [-0.3, -0.25) is 4.79 Å². The zero-order chi connectivity index (χ0) is 18.1. The highest BCUT2D eigenvalue weighted by Crippen LogP contribution is 2.33. The Morgan fingerprint density at radius 2 is 1.68 bits per heavy atom. The van der Waals surface area contributed by atoms with E-state index in [9.17, 15) is 4.79 Å². The topological polar surface area (TPSA) is 46.9 Å². The largest absolute Gasteiger partial charge is 0.354 e. The zero-order valence-corrected chi connectivity index (χ0v) is 15.7. The third-order valence-electron chi connectivity index (χ3n) is 3.82. The van der Waals surface area contributed by atoms with E-state index < -0.39 is 0 Å². The van der Waals surface area contributed by atoms with Gasteiger partial charge in [-0.05, 0) is 37.3 Å². The molecule has 4 nitrogen and oxygen atoms in total. The van der Waals surface area contributed by atoms with Crippen LogP contribution < -0.4 is 5.32 Å². The van der Waals surface area contributed by atoms with Crippen LogP contribution in [0.2, 0.25) is 15.1 Å². The number of rotatable bonds is 3. The third-order valence-corrected chi connectivity index (χ3v) is 4.61. The maximum Gasteiger partial charge on any atom is 0.271 e. The number of halogens is 3. The van der Waals surface area contributed by atoms with Crippen LogP contribution in [0.1, 0.15) is 16.1 Å². The van der Waals surface area contributed by atoms with Crippen LogP contribution in [0.3, 0.4) is 0 Å². The van der Waals surface area contributed by atoms with Gasteiger partial charge in [0.15, 0.2) is 5.69 Å². The van der Waals surface area contributed by atoms with E-state index in [0.717, 1.165) is 16.8 Å². The first-order valence-electron chi connectivity index (χ1n) is 7.45. The second-order valence-corrected chi connectivity index (χ2v) is 6.70. The molecule has 0 saturated carbocycles. The van der Waals surface area contributed by atoms with Crippen LogP contribution in [0, 0.1) is 6.92 Å². The van der Waals surface area contributed by atoms with Crippen molar-refractivity contribution >= 4 is 40.7 Å². The lowest BCUT2D eigenvalue weighted by molar-refractivity contribution is 0.0957. The van der Waals surface area contributed by atoms with Crippen molar-refractivity contribution in [2.75, 3.05) is 7.05 Å². The monoisotopic (exact) mass is 393 g/mol. The SMILES string of the molecule is CNC(=O)c1nn(-c2ccc(Cl)cc2Cl)c(-c2ccc(Cl)cc2)c1C. The lowest BCUT2D eigenvalue weighted by atomic mass is 10.1. The molecule has 0 spiro atoms. The Morgan fingerprint density at radius 3 is 2.28 bits per heavy atom. The number of hydrogen-bond donors (Lipinski definition) is 1. The molecular weight excluding hydrogens is 381 g/mol. The average molecular weight is 395 g/mol. The first-order chi connectivity index (χ1) is 11.9. The first kappa shape index (κ1) is 17.8. The van der Waals surface area contributed by atoms with Gasteiger partial charge < -0.3 is 5.32 Å². The van der Waals surface area contributed by atoms with Gasteiger partial charge in [-0.15, -0.1) is 0 Å². The third kappa shape index (κ3) is 3.38. The predicted octanol–water partition coefficient (Wildman–Crippen LogP) is 5.17. The Labute approximate surface area is 160 Å². The highest BCUT2D eigenvalue weighted by Gasteiger charge is 2.22. The molecule has 2 aromatic carbocycles. The van der Waals surface area contributed by atoms with Gasteiger partial charge in [0.2, 0.25) is 0 Å². The van der Waals surface area contributed by atoms with Crippen molar-refractivity contribution in [2.45, 2.75) is 6.92 Å². The minimum absolute atomic E-state index is 0.267. The molecule has 1 amide bonds. The van der Waals surface area contributed by atoms with Crippen molar-refractivity contribution < 1.29 is 4.79 Å². The standard InChI is InChI=1S/C18H14Cl3N3O/c1-10-16(18(25)22-2)23-24(15-8-7-13(20)9-14(15)21)17(10)11-3-5-12(19)6-4-11/h3-9H,1-2H3,(H,22,25). The van der Waals surface area contributed by atoms with Crippen molar-refractivity contribution in [3.8, 4) is 16.9 Å². The summed E-state index contributed by atoms with van der Waals surface area (Å²) >= 11 is 18.3.